The summed E-state index contributed by atoms with van der Waals surface area (Å²) in [5, 5.41) is 4.03. The van der Waals surface area contributed by atoms with Gasteiger partial charge in [-0.2, -0.15) is 0 Å². The molecule has 0 radical (unpaired) electrons. The van der Waals surface area contributed by atoms with E-state index in [1.807, 2.05) is 26.0 Å². The SMILES string of the molecule is Cc1noc(C)c1-c1cc(F)c2ncn(C(c3ccccc3)C3CCOCC3)c2c1. The maximum atomic E-state index is 15.1. The molecule has 5 rings (SSSR count). The van der Waals surface area contributed by atoms with E-state index in [2.05, 4.69) is 39.0 Å². The van der Waals surface area contributed by atoms with Crippen molar-refractivity contribution in [2.75, 3.05) is 13.2 Å². The number of rotatable bonds is 4. The summed E-state index contributed by atoms with van der Waals surface area (Å²) in [4.78, 5) is 4.44. The van der Waals surface area contributed by atoms with Gasteiger partial charge in [0, 0.05) is 18.8 Å². The molecule has 0 spiro atoms. The van der Waals surface area contributed by atoms with Gasteiger partial charge in [-0.3, -0.25) is 0 Å². The first-order valence-corrected chi connectivity index (χ1v) is 10.4. The zero-order chi connectivity index (χ0) is 20.7. The number of hydrogen-bond donors (Lipinski definition) is 0. The second-order valence-corrected chi connectivity index (χ2v) is 7.98. The Morgan fingerprint density at radius 2 is 1.87 bits per heavy atom. The number of benzene rings is 2. The van der Waals surface area contributed by atoms with E-state index in [-0.39, 0.29) is 11.9 Å². The fourth-order valence-corrected chi connectivity index (χ4v) is 4.69. The van der Waals surface area contributed by atoms with Crippen molar-refractivity contribution in [3.05, 3.63) is 71.6 Å². The predicted octanol–water partition coefficient (Wildman–Crippen LogP) is 5.46. The van der Waals surface area contributed by atoms with Crippen molar-refractivity contribution in [2.45, 2.75) is 32.7 Å². The summed E-state index contributed by atoms with van der Waals surface area (Å²) in [6.45, 7) is 5.22. The van der Waals surface area contributed by atoms with Gasteiger partial charge in [0.15, 0.2) is 5.82 Å². The van der Waals surface area contributed by atoms with E-state index in [0.717, 1.165) is 48.4 Å². The van der Waals surface area contributed by atoms with Crippen LogP contribution in [-0.4, -0.2) is 27.9 Å². The Kier molecular flexibility index (Phi) is 4.87. The van der Waals surface area contributed by atoms with Crippen molar-refractivity contribution >= 4 is 11.0 Å². The molecule has 1 unspecified atom stereocenters. The molecule has 1 aliphatic rings. The van der Waals surface area contributed by atoms with E-state index < -0.39 is 0 Å². The van der Waals surface area contributed by atoms with Crippen LogP contribution in [0, 0.1) is 25.6 Å². The summed E-state index contributed by atoms with van der Waals surface area (Å²) in [6.07, 6.45) is 3.70. The third kappa shape index (κ3) is 3.21. The number of ether oxygens (including phenoxy) is 1. The van der Waals surface area contributed by atoms with Gasteiger partial charge in [0.25, 0.3) is 0 Å². The van der Waals surface area contributed by atoms with Crippen LogP contribution in [-0.2, 0) is 4.74 Å². The van der Waals surface area contributed by atoms with Crippen LogP contribution in [0.1, 0.15) is 35.9 Å². The lowest BCUT2D eigenvalue weighted by molar-refractivity contribution is 0.0547. The minimum absolute atomic E-state index is 0.0689. The molecule has 2 aromatic heterocycles. The Hall–Kier alpha value is -2.99. The van der Waals surface area contributed by atoms with Gasteiger partial charge < -0.3 is 13.8 Å². The van der Waals surface area contributed by atoms with Gasteiger partial charge in [-0.1, -0.05) is 35.5 Å². The van der Waals surface area contributed by atoms with Crippen LogP contribution in [0.5, 0.6) is 0 Å². The zero-order valence-electron chi connectivity index (χ0n) is 17.1. The molecule has 0 bridgehead atoms. The highest BCUT2D eigenvalue weighted by Gasteiger charge is 2.29. The molecule has 30 heavy (non-hydrogen) atoms. The first-order valence-electron chi connectivity index (χ1n) is 10.4. The van der Waals surface area contributed by atoms with Gasteiger partial charge in [0.05, 0.1) is 23.6 Å². The number of nitrogens with zero attached hydrogens (tertiary/aromatic N) is 3. The fourth-order valence-electron chi connectivity index (χ4n) is 4.69. The Balaban J connectivity index is 1.70. The van der Waals surface area contributed by atoms with E-state index in [9.17, 15) is 0 Å². The molecule has 6 heteroatoms. The third-order valence-corrected chi connectivity index (χ3v) is 6.11. The van der Waals surface area contributed by atoms with Crippen molar-refractivity contribution < 1.29 is 13.7 Å². The Morgan fingerprint density at radius 1 is 1.10 bits per heavy atom. The van der Waals surface area contributed by atoms with Crippen LogP contribution in [0.2, 0.25) is 0 Å². The van der Waals surface area contributed by atoms with Gasteiger partial charge in [-0.05, 0) is 55.9 Å². The molecular formula is C24H24FN3O2. The Bertz CT molecular complexity index is 1160. The summed E-state index contributed by atoms with van der Waals surface area (Å²) in [6, 6.07) is 14.0. The Labute approximate surface area is 174 Å². The van der Waals surface area contributed by atoms with E-state index in [1.54, 1.807) is 6.33 Å². The van der Waals surface area contributed by atoms with E-state index in [4.69, 9.17) is 9.26 Å². The van der Waals surface area contributed by atoms with Crippen molar-refractivity contribution in [2.24, 2.45) is 5.92 Å². The topological polar surface area (TPSA) is 53.1 Å². The maximum Gasteiger partial charge on any atom is 0.151 e. The molecule has 1 atom stereocenters. The molecule has 1 fully saturated rings. The summed E-state index contributed by atoms with van der Waals surface area (Å²) >= 11 is 0. The molecule has 0 amide bonds. The highest BCUT2D eigenvalue weighted by atomic mass is 19.1. The van der Waals surface area contributed by atoms with Gasteiger partial charge in [-0.15, -0.1) is 0 Å². The number of fused-ring (bicyclic) bond motifs is 1. The van der Waals surface area contributed by atoms with E-state index >= 15 is 4.39 Å². The first kappa shape index (κ1) is 19.0. The van der Waals surface area contributed by atoms with Crippen LogP contribution in [0.15, 0.2) is 53.3 Å². The second kappa shape index (κ2) is 7.69. The average molecular weight is 405 g/mol. The monoisotopic (exact) mass is 405 g/mol. The third-order valence-electron chi connectivity index (χ3n) is 6.11. The van der Waals surface area contributed by atoms with Crippen molar-refractivity contribution in [1.29, 1.82) is 0 Å². The summed E-state index contributed by atoms with van der Waals surface area (Å²) in [7, 11) is 0. The quantitative estimate of drug-likeness (QED) is 0.452. The standard InChI is InChI=1S/C24H24FN3O2/c1-15-22(16(2)30-27-15)19-12-20(25)23-21(13-19)28(14-26-23)24(17-6-4-3-5-7-17)18-8-10-29-11-9-18/h3-7,12-14,18,24H,8-11H2,1-2H3. The number of halogens is 1. The molecular weight excluding hydrogens is 381 g/mol. The molecule has 0 aliphatic carbocycles. The highest BCUT2D eigenvalue weighted by Crippen LogP contribution is 2.38. The molecule has 1 saturated heterocycles. The molecule has 0 saturated carbocycles. The van der Waals surface area contributed by atoms with Crippen molar-refractivity contribution in [3.63, 3.8) is 0 Å². The molecule has 0 N–H and O–H groups in total. The molecule has 4 aromatic rings. The normalized spacial score (nSPS) is 16.2. The van der Waals surface area contributed by atoms with Crippen molar-refractivity contribution in [1.82, 2.24) is 14.7 Å². The number of aromatic nitrogens is 3. The molecule has 2 aromatic carbocycles. The lowest BCUT2D eigenvalue weighted by atomic mass is 9.86. The van der Waals surface area contributed by atoms with E-state index in [1.165, 1.54) is 11.6 Å². The largest absolute Gasteiger partial charge is 0.381 e. The van der Waals surface area contributed by atoms with Gasteiger partial charge in [0.1, 0.15) is 11.3 Å². The maximum absolute atomic E-state index is 15.1. The molecule has 154 valence electrons. The first-order chi connectivity index (χ1) is 14.6. The summed E-state index contributed by atoms with van der Waals surface area (Å²) in [5.74, 6) is 0.741. The predicted molar refractivity (Wildman–Crippen MR) is 113 cm³/mol. The molecule has 5 nitrogen and oxygen atoms in total. The van der Waals surface area contributed by atoms with Gasteiger partial charge in [-0.25, -0.2) is 9.37 Å². The van der Waals surface area contributed by atoms with Gasteiger partial charge >= 0.3 is 0 Å². The van der Waals surface area contributed by atoms with Crippen molar-refractivity contribution in [3.8, 4) is 11.1 Å². The second-order valence-electron chi connectivity index (χ2n) is 7.98. The average Bonchev–Trinajstić information content (AvgIpc) is 3.33. The van der Waals surface area contributed by atoms with Crippen LogP contribution in [0.3, 0.4) is 0 Å². The zero-order valence-corrected chi connectivity index (χ0v) is 17.1. The lowest BCUT2D eigenvalue weighted by Crippen LogP contribution is -2.26. The Morgan fingerprint density at radius 3 is 2.57 bits per heavy atom. The number of hydrogen-bond acceptors (Lipinski definition) is 4. The van der Waals surface area contributed by atoms with Crippen LogP contribution < -0.4 is 0 Å². The number of imidazole rings is 1. The van der Waals surface area contributed by atoms with Gasteiger partial charge in [0.2, 0.25) is 0 Å². The number of aryl methyl sites for hydroxylation is 2. The highest BCUT2D eigenvalue weighted by molar-refractivity contribution is 5.84. The smallest absolute Gasteiger partial charge is 0.151 e. The summed E-state index contributed by atoms with van der Waals surface area (Å²) < 4.78 is 28.1. The fraction of sp³-hybridized carbons (Fsp3) is 0.333. The van der Waals surface area contributed by atoms with Crippen LogP contribution in [0.25, 0.3) is 22.2 Å². The lowest BCUT2D eigenvalue weighted by Gasteiger charge is -2.32. The van der Waals surface area contributed by atoms with Crippen LogP contribution in [0.4, 0.5) is 4.39 Å². The summed E-state index contributed by atoms with van der Waals surface area (Å²) in [5.41, 5.74) is 4.72. The molecule has 3 heterocycles. The van der Waals surface area contributed by atoms with Crippen LogP contribution >= 0.6 is 0 Å². The van der Waals surface area contributed by atoms with E-state index in [0.29, 0.717) is 17.2 Å². The minimum Gasteiger partial charge on any atom is -0.381 e. The minimum atomic E-state index is -0.333. The molecule has 1 aliphatic heterocycles.